The van der Waals surface area contributed by atoms with E-state index < -0.39 is 0 Å². The molecule has 0 aliphatic heterocycles. The van der Waals surface area contributed by atoms with Gasteiger partial charge in [0.25, 0.3) is 0 Å². The molecule has 0 saturated heterocycles. The summed E-state index contributed by atoms with van der Waals surface area (Å²) < 4.78 is 0. The van der Waals surface area contributed by atoms with Gasteiger partial charge in [0.15, 0.2) is 5.13 Å². The molecule has 4 heteroatoms. The third kappa shape index (κ3) is 2.93. The lowest BCUT2D eigenvalue weighted by Crippen LogP contribution is -2.13. The maximum atomic E-state index is 5.93. The van der Waals surface area contributed by atoms with Crippen LogP contribution in [-0.4, -0.2) is 11.0 Å². The first-order valence-corrected chi connectivity index (χ1v) is 7.92. The van der Waals surface area contributed by atoms with E-state index in [1.165, 1.54) is 30.6 Å². The Kier molecular flexibility index (Phi) is 3.76. The summed E-state index contributed by atoms with van der Waals surface area (Å²) in [5.41, 5.74) is 2.21. The Morgan fingerprint density at radius 1 is 1.21 bits per heavy atom. The second kappa shape index (κ2) is 5.51. The van der Waals surface area contributed by atoms with Crippen molar-refractivity contribution in [1.29, 1.82) is 0 Å². The average Bonchev–Trinajstić information content (AvgIpc) is 3.01. The van der Waals surface area contributed by atoms with Crippen LogP contribution in [0.5, 0.6) is 0 Å². The van der Waals surface area contributed by atoms with Gasteiger partial charge >= 0.3 is 0 Å². The molecule has 0 amide bonds. The lowest BCUT2D eigenvalue weighted by Gasteiger charge is -2.09. The number of nitrogens with one attached hydrogen (secondary N) is 1. The molecule has 19 heavy (non-hydrogen) atoms. The largest absolute Gasteiger partial charge is 0.359 e. The third-order valence-corrected chi connectivity index (χ3v) is 4.75. The molecule has 0 bridgehead atoms. The minimum absolute atomic E-state index is 0.614. The summed E-state index contributed by atoms with van der Waals surface area (Å²) in [6, 6.07) is 8.51. The molecule has 0 unspecified atom stereocenters. The Morgan fingerprint density at radius 2 is 1.89 bits per heavy atom. The first kappa shape index (κ1) is 12.9. The number of halogens is 1. The Bertz CT molecular complexity index is 556. The molecule has 1 aliphatic carbocycles. The minimum Gasteiger partial charge on any atom is -0.359 e. The highest BCUT2D eigenvalue weighted by atomic mass is 35.5. The zero-order valence-corrected chi connectivity index (χ0v) is 12.5. The summed E-state index contributed by atoms with van der Waals surface area (Å²) >= 11 is 7.67. The van der Waals surface area contributed by atoms with Crippen molar-refractivity contribution in [2.75, 3.05) is 5.32 Å². The van der Waals surface area contributed by atoms with Gasteiger partial charge in [-0.05, 0) is 31.9 Å². The van der Waals surface area contributed by atoms with Gasteiger partial charge in [0, 0.05) is 21.5 Å². The molecule has 1 aliphatic rings. The lowest BCUT2D eigenvalue weighted by atomic mass is 10.1. The monoisotopic (exact) mass is 292 g/mol. The van der Waals surface area contributed by atoms with Crippen LogP contribution in [-0.2, 0) is 0 Å². The van der Waals surface area contributed by atoms with Crippen molar-refractivity contribution < 1.29 is 0 Å². The molecule has 2 nitrogen and oxygen atoms in total. The fourth-order valence-corrected chi connectivity index (χ4v) is 3.62. The van der Waals surface area contributed by atoms with Crippen LogP contribution in [0.25, 0.3) is 11.3 Å². The minimum atomic E-state index is 0.614. The molecule has 1 heterocycles. The Labute approximate surface area is 122 Å². The first-order valence-electron chi connectivity index (χ1n) is 6.72. The van der Waals surface area contributed by atoms with Crippen LogP contribution in [0.2, 0.25) is 5.02 Å². The van der Waals surface area contributed by atoms with E-state index in [0.717, 1.165) is 21.4 Å². The topological polar surface area (TPSA) is 24.9 Å². The number of hydrogen-bond donors (Lipinski definition) is 1. The molecule has 1 aromatic heterocycles. The second-order valence-electron chi connectivity index (χ2n) is 5.06. The molecule has 0 radical (unpaired) electrons. The third-order valence-electron chi connectivity index (χ3n) is 3.60. The van der Waals surface area contributed by atoms with Crippen molar-refractivity contribution in [3.05, 3.63) is 34.2 Å². The number of aromatic nitrogens is 1. The van der Waals surface area contributed by atoms with E-state index >= 15 is 0 Å². The zero-order valence-electron chi connectivity index (χ0n) is 10.9. The highest BCUT2D eigenvalue weighted by Gasteiger charge is 2.17. The van der Waals surface area contributed by atoms with E-state index in [1.54, 1.807) is 11.3 Å². The van der Waals surface area contributed by atoms with Crippen LogP contribution in [0, 0.1) is 6.92 Å². The fourth-order valence-electron chi connectivity index (χ4n) is 2.58. The number of rotatable bonds is 3. The summed E-state index contributed by atoms with van der Waals surface area (Å²) in [5, 5.41) is 5.38. The van der Waals surface area contributed by atoms with Crippen LogP contribution in [0.4, 0.5) is 5.13 Å². The molecule has 0 spiro atoms. The zero-order chi connectivity index (χ0) is 13.2. The SMILES string of the molecule is Cc1sc(NC2CCCC2)nc1-c1ccc(Cl)cc1. The average molecular weight is 293 g/mol. The van der Waals surface area contributed by atoms with Crippen molar-refractivity contribution in [3.63, 3.8) is 0 Å². The number of anilines is 1. The summed E-state index contributed by atoms with van der Waals surface area (Å²) in [6.45, 7) is 2.13. The van der Waals surface area contributed by atoms with E-state index in [2.05, 4.69) is 12.2 Å². The Balaban J connectivity index is 1.82. The number of nitrogens with zero attached hydrogens (tertiary/aromatic N) is 1. The Hall–Kier alpha value is -1.06. The van der Waals surface area contributed by atoms with E-state index in [9.17, 15) is 0 Å². The summed E-state index contributed by atoms with van der Waals surface area (Å²) in [4.78, 5) is 5.99. The number of hydrogen-bond acceptors (Lipinski definition) is 3. The molecule has 0 atom stereocenters. The van der Waals surface area contributed by atoms with Gasteiger partial charge in [-0.3, -0.25) is 0 Å². The normalized spacial score (nSPS) is 15.9. The molecular weight excluding hydrogens is 276 g/mol. The van der Waals surface area contributed by atoms with Crippen LogP contribution in [0.3, 0.4) is 0 Å². The van der Waals surface area contributed by atoms with Gasteiger partial charge in [0.1, 0.15) is 0 Å². The quantitative estimate of drug-likeness (QED) is 0.848. The highest BCUT2D eigenvalue weighted by molar-refractivity contribution is 7.16. The molecular formula is C15H17ClN2S. The van der Waals surface area contributed by atoms with Gasteiger partial charge in [0.05, 0.1) is 5.69 Å². The number of benzene rings is 1. The van der Waals surface area contributed by atoms with Gasteiger partial charge in [-0.1, -0.05) is 36.6 Å². The van der Waals surface area contributed by atoms with Crippen molar-refractivity contribution in [2.45, 2.75) is 38.6 Å². The predicted octanol–water partition coefficient (Wildman–Crippen LogP) is 5.13. The second-order valence-corrected chi connectivity index (χ2v) is 6.70. The fraction of sp³-hybridized carbons (Fsp3) is 0.400. The molecule has 1 aromatic carbocycles. The van der Waals surface area contributed by atoms with Crippen LogP contribution < -0.4 is 5.32 Å². The number of thiazole rings is 1. The van der Waals surface area contributed by atoms with E-state index in [1.807, 2.05) is 24.3 Å². The van der Waals surface area contributed by atoms with E-state index in [0.29, 0.717) is 6.04 Å². The molecule has 2 aromatic rings. The molecule has 3 rings (SSSR count). The maximum Gasteiger partial charge on any atom is 0.183 e. The van der Waals surface area contributed by atoms with Gasteiger partial charge in [-0.2, -0.15) is 0 Å². The van der Waals surface area contributed by atoms with E-state index in [4.69, 9.17) is 16.6 Å². The van der Waals surface area contributed by atoms with Gasteiger partial charge in [-0.15, -0.1) is 11.3 Å². The van der Waals surface area contributed by atoms with Crippen LogP contribution in [0.1, 0.15) is 30.6 Å². The standard InChI is InChI=1S/C15H17ClN2S/c1-10-14(11-6-8-12(16)9-7-11)18-15(19-10)17-13-4-2-3-5-13/h6-9,13H,2-5H2,1H3,(H,17,18). The van der Waals surface area contributed by atoms with Crippen molar-refractivity contribution in [1.82, 2.24) is 4.98 Å². The van der Waals surface area contributed by atoms with Crippen molar-refractivity contribution >= 4 is 28.1 Å². The lowest BCUT2D eigenvalue weighted by molar-refractivity contribution is 0.754. The highest BCUT2D eigenvalue weighted by Crippen LogP contribution is 2.32. The molecule has 100 valence electrons. The number of aryl methyl sites for hydroxylation is 1. The van der Waals surface area contributed by atoms with Crippen LogP contribution in [0.15, 0.2) is 24.3 Å². The summed E-state index contributed by atoms with van der Waals surface area (Å²) in [6.07, 6.45) is 5.22. The van der Waals surface area contributed by atoms with Crippen molar-refractivity contribution in [2.24, 2.45) is 0 Å². The first-order chi connectivity index (χ1) is 9.22. The predicted molar refractivity (Wildman–Crippen MR) is 83.2 cm³/mol. The van der Waals surface area contributed by atoms with Crippen LogP contribution >= 0.6 is 22.9 Å². The smallest absolute Gasteiger partial charge is 0.183 e. The summed E-state index contributed by atoms with van der Waals surface area (Å²) in [5.74, 6) is 0. The maximum absolute atomic E-state index is 5.93. The van der Waals surface area contributed by atoms with E-state index in [-0.39, 0.29) is 0 Å². The molecule has 1 N–H and O–H groups in total. The molecule has 1 fully saturated rings. The summed E-state index contributed by atoms with van der Waals surface area (Å²) in [7, 11) is 0. The molecule has 1 saturated carbocycles. The van der Waals surface area contributed by atoms with Gasteiger partial charge < -0.3 is 5.32 Å². The van der Waals surface area contributed by atoms with Gasteiger partial charge in [-0.25, -0.2) is 4.98 Å². The van der Waals surface area contributed by atoms with Crippen molar-refractivity contribution in [3.8, 4) is 11.3 Å². The Morgan fingerprint density at radius 3 is 2.58 bits per heavy atom. The van der Waals surface area contributed by atoms with Gasteiger partial charge in [0.2, 0.25) is 0 Å².